The summed E-state index contributed by atoms with van der Waals surface area (Å²) in [7, 11) is 0. The standard InChI is InChI=1S/C15H19F3N2/c1-9-14(16,15(9,17)18)6-12(7-19)11-4-5-13(20-8-11)10-2-3-10/h4-5,8-10,12H,2-3,6-7,19H2,1H3. The highest BCUT2D eigenvalue weighted by Crippen LogP contribution is 2.64. The van der Waals surface area contributed by atoms with Gasteiger partial charge in [-0.25, -0.2) is 13.2 Å². The maximum absolute atomic E-state index is 14.2. The Morgan fingerprint density at radius 2 is 2.00 bits per heavy atom. The predicted octanol–water partition coefficient (Wildman–Crippen LogP) is 3.38. The normalized spacial score (nSPS) is 33.0. The molecule has 0 aromatic carbocycles. The van der Waals surface area contributed by atoms with Gasteiger partial charge in [0, 0.05) is 23.7 Å². The SMILES string of the molecule is CC1C(F)(F)C1(F)CC(CN)c1ccc(C2CC2)nc1. The van der Waals surface area contributed by atoms with Gasteiger partial charge in [-0.3, -0.25) is 4.98 Å². The zero-order valence-corrected chi connectivity index (χ0v) is 11.5. The van der Waals surface area contributed by atoms with Crippen molar-refractivity contribution in [3.8, 4) is 0 Å². The molecule has 110 valence electrons. The fourth-order valence-corrected chi connectivity index (χ4v) is 2.89. The summed E-state index contributed by atoms with van der Waals surface area (Å²) < 4.78 is 40.9. The Morgan fingerprint density at radius 3 is 2.40 bits per heavy atom. The Kier molecular flexibility index (Phi) is 3.08. The lowest BCUT2D eigenvalue weighted by Crippen LogP contribution is -2.22. The summed E-state index contributed by atoms with van der Waals surface area (Å²) in [5, 5.41) is 0. The van der Waals surface area contributed by atoms with E-state index >= 15 is 0 Å². The molecule has 2 fully saturated rings. The fraction of sp³-hybridized carbons (Fsp3) is 0.667. The van der Waals surface area contributed by atoms with Crippen LogP contribution in [0.1, 0.15) is 49.3 Å². The van der Waals surface area contributed by atoms with Crippen molar-refractivity contribution >= 4 is 0 Å². The van der Waals surface area contributed by atoms with Gasteiger partial charge in [0.1, 0.15) is 0 Å². The molecule has 2 saturated carbocycles. The van der Waals surface area contributed by atoms with E-state index in [4.69, 9.17) is 5.73 Å². The Labute approximate surface area is 116 Å². The third kappa shape index (κ3) is 2.03. The van der Waals surface area contributed by atoms with E-state index in [1.54, 1.807) is 6.20 Å². The summed E-state index contributed by atoms with van der Waals surface area (Å²) in [6.07, 6.45) is 3.75. The molecule has 2 aliphatic carbocycles. The number of alkyl halides is 3. The molecule has 2 nitrogen and oxygen atoms in total. The van der Waals surface area contributed by atoms with Gasteiger partial charge < -0.3 is 5.73 Å². The zero-order chi connectivity index (χ0) is 14.5. The van der Waals surface area contributed by atoms with Crippen molar-refractivity contribution in [2.75, 3.05) is 6.54 Å². The molecule has 5 heteroatoms. The first kappa shape index (κ1) is 13.9. The van der Waals surface area contributed by atoms with Crippen molar-refractivity contribution in [3.05, 3.63) is 29.6 Å². The van der Waals surface area contributed by atoms with Crippen LogP contribution < -0.4 is 5.73 Å². The lowest BCUT2D eigenvalue weighted by molar-refractivity contribution is 0.0343. The summed E-state index contributed by atoms with van der Waals surface area (Å²) in [5.74, 6) is -4.30. The Hall–Kier alpha value is -1.10. The van der Waals surface area contributed by atoms with Gasteiger partial charge in [-0.05, 0) is 37.4 Å². The molecular weight excluding hydrogens is 265 g/mol. The van der Waals surface area contributed by atoms with Gasteiger partial charge in [0.2, 0.25) is 0 Å². The highest BCUT2D eigenvalue weighted by Gasteiger charge is 2.80. The lowest BCUT2D eigenvalue weighted by Gasteiger charge is -2.18. The molecule has 2 aliphatic rings. The van der Waals surface area contributed by atoms with Gasteiger partial charge in [0.25, 0.3) is 5.92 Å². The van der Waals surface area contributed by atoms with Crippen LogP contribution in [-0.2, 0) is 0 Å². The number of rotatable bonds is 5. The van der Waals surface area contributed by atoms with Crippen LogP contribution in [-0.4, -0.2) is 23.1 Å². The van der Waals surface area contributed by atoms with E-state index in [1.165, 1.54) is 6.92 Å². The van der Waals surface area contributed by atoms with E-state index in [2.05, 4.69) is 4.98 Å². The number of nitrogens with two attached hydrogens (primary N) is 1. The molecule has 0 amide bonds. The van der Waals surface area contributed by atoms with Crippen molar-refractivity contribution < 1.29 is 13.2 Å². The average Bonchev–Trinajstić information content (AvgIpc) is 3.33. The van der Waals surface area contributed by atoms with Crippen LogP contribution >= 0.6 is 0 Å². The predicted molar refractivity (Wildman–Crippen MR) is 70.6 cm³/mol. The molecule has 3 unspecified atom stereocenters. The molecule has 3 rings (SSSR count). The Morgan fingerprint density at radius 1 is 1.35 bits per heavy atom. The molecule has 20 heavy (non-hydrogen) atoms. The van der Waals surface area contributed by atoms with E-state index < -0.39 is 23.4 Å². The largest absolute Gasteiger partial charge is 0.330 e. The van der Waals surface area contributed by atoms with Gasteiger partial charge in [-0.1, -0.05) is 13.0 Å². The smallest absolute Gasteiger partial charge is 0.287 e. The average molecular weight is 284 g/mol. The second kappa shape index (κ2) is 4.45. The maximum atomic E-state index is 14.2. The minimum atomic E-state index is -3.22. The van der Waals surface area contributed by atoms with Crippen LogP contribution in [0.4, 0.5) is 13.2 Å². The minimum Gasteiger partial charge on any atom is -0.330 e. The lowest BCUT2D eigenvalue weighted by atomic mass is 9.92. The van der Waals surface area contributed by atoms with Crippen LogP contribution in [0.5, 0.6) is 0 Å². The molecule has 1 aromatic heterocycles. The number of aromatic nitrogens is 1. The summed E-state index contributed by atoms with van der Waals surface area (Å²) in [6.45, 7) is 1.40. The van der Waals surface area contributed by atoms with E-state index in [0.29, 0.717) is 5.92 Å². The van der Waals surface area contributed by atoms with E-state index in [0.717, 1.165) is 24.1 Å². The summed E-state index contributed by atoms with van der Waals surface area (Å²) in [5.41, 5.74) is 5.02. The number of pyridine rings is 1. The topological polar surface area (TPSA) is 38.9 Å². The van der Waals surface area contributed by atoms with E-state index in [-0.39, 0.29) is 13.0 Å². The molecule has 0 bridgehead atoms. The van der Waals surface area contributed by atoms with Crippen molar-refractivity contribution in [2.45, 2.75) is 49.6 Å². The van der Waals surface area contributed by atoms with Gasteiger partial charge in [0.15, 0.2) is 5.67 Å². The van der Waals surface area contributed by atoms with Crippen molar-refractivity contribution in [1.29, 1.82) is 0 Å². The number of hydrogen-bond donors (Lipinski definition) is 1. The van der Waals surface area contributed by atoms with Gasteiger partial charge >= 0.3 is 0 Å². The Balaban J connectivity index is 1.73. The maximum Gasteiger partial charge on any atom is 0.287 e. The highest BCUT2D eigenvalue weighted by molar-refractivity contribution is 5.27. The second-order valence-electron chi connectivity index (χ2n) is 6.13. The molecular formula is C15H19F3N2. The Bertz CT molecular complexity index is 498. The molecule has 1 aromatic rings. The minimum absolute atomic E-state index is 0.152. The molecule has 0 spiro atoms. The molecule has 3 atom stereocenters. The summed E-state index contributed by atoms with van der Waals surface area (Å²) in [6, 6.07) is 3.77. The number of halogens is 3. The van der Waals surface area contributed by atoms with Crippen LogP contribution in [0.15, 0.2) is 18.3 Å². The van der Waals surface area contributed by atoms with E-state index in [9.17, 15) is 13.2 Å². The number of hydrogen-bond acceptors (Lipinski definition) is 2. The monoisotopic (exact) mass is 284 g/mol. The fourth-order valence-electron chi connectivity index (χ4n) is 2.89. The van der Waals surface area contributed by atoms with E-state index in [1.807, 2.05) is 12.1 Å². The summed E-state index contributed by atoms with van der Waals surface area (Å²) in [4.78, 5) is 4.35. The molecule has 0 aliphatic heterocycles. The molecule has 0 saturated heterocycles. The van der Waals surface area contributed by atoms with Crippen LogP contribution in [0.25, 0.3) is 0 Å². The zero-order valence-electron chi connectivity index (χ0n) is 11.5. The highest BCUT2D eigenvalue weighted by atomic mass is 19.3. The molecule has 1 heterocycles. The third-order valence-electron chi connectivity index (χ3n) is 4.81. The first-order chi connectivity index (χ1) is 9.40. The van der Waals surface area contributed by atoms with Gasteiger partial charge in [-0.15, -0.1) is 0 Å². The van der Waals surface area contributed by atoms with Crippen molar-refractivity contribution in [3.63, 3.8) is 0 Å². The van der Waals surface area contributed by atoms with Crippen LogP contribution in [0, 0.1) is 5.92 Å². The third-order valence-corrected chi connectivity index (χ3v) is 4.81. The van der Waals surface area contributed by atoms with Crippen molar-refractivity contribution in [1.82, 2.24) is 4.98 Å². The first-order valence-electron chi connectivity index (χ1n) is 7.12. The quantitative estimate of drug-likeness (QED) is 0.900. The van der Waals surface area contributed by atoms with Crippen molar-refractivity contribution in [2.24, 2.45) is 11.7 Å². The second-order valence-corrected chi connectivity index (χ2v) is 6.13. The molecule has 0 radical (unpaired) electrons. The molecule has 2 N–H and O–H groups in total. The first-order valence-corrected chi connectivity index (χ1v) is 7.12. The van der Waals surface area contributed by atoms with Crippen LogP contribution in [0.3, 0.4) is 0 Å². The summed E-state index contributed by atoms with van der Waals surface area (Å²) >= 11 is 0. The number of nitrogens with zero attached hydrogens (tertiary/aromatic N) is 1. The van der Waals surface area contributed by atoms with Crippen LogP contribution in [0.2, 0.25) is 0 Å². The van der Waals surface area contributed by atoms with Gasteiger partial charge in [0.05, 0.1) is 5.92 Å². The van der Waals surface area contributed by atoms with Gasteiger partial charge in [-0.2, -0.15) is 0 Å².